The molecule has 0 fully saturated rings. The molecular weight excluding hydrogens is 1150 g/mol. The van der Waals surface area contributed by atoms with Crippen molar-refractivity contribution < 1.29 is 80.2 Å². The number of carbonyl (C=O) groups is 4. The van der Waals surface area contributed by atoms with Crippen molar-refractivity contribution in [1.29, 1.82) is 0 Å². The molecule has 5 atom stereocenters. The van der Waals surface area contributed by atoms with Crippen LogP contribution in [-0.2, 0) is 65.4 Å². The summed E-state index contributed by atoms with van der Waals surface area (Å²) in [5, 5.41) is 10.6. The summed E-state index contributed by atoms with van der Waals surface area (Å²) in [6, 6.07) is 0. The van der Waals surface area contributed by atoms with Crippen LogP contribution in [0.25, 0.3) is 0 Å². The molecule has 0 aromatic rings. The molecule has 0 saturated carbocycles. The van der Waals surface area contributed by atoms with Gasteiger partial charge in [-0.2, -0.15) is 0 Å². The molecule has 2 unspecified atom stereocenters. The third-order valence-electron chi connectivity index (χ3n) is 15.0. The molecule has 87 heavy (non-hydrogen) atoms. The Hall–Kier alpha value is -2.46. The number of rotatable bonds is 64. The zero-order chi connectivity index (χ0) is 64.5. The van der Waals surface area contributed by atoms with Gasteiger partial charge in [-0.15, -0.1) is 0 Å². The van der Waals surface area contributed by atoms with Crippen LogP contribution in [0, 0.1) is 17.8 Å². The second-order valence-electron chi connectivity index (χ2n) is 25.3. The summed E-state index contributed by atoms with van der Waals surface area (Å²) >= 11 is 0. The summed E-state index contributed by atoms with van der Waals surface area (Å²) in [5.41, 5.74) is 0. The Morgan fingerprint density at radius 2 is 0.621 bits per heavy atom. The standard InChI is InChI=1S/C68H128O17P2/c1-8-9-10-11-12-13-14-15-16-17-20-23-26-35-42-49-65(70)78-55-64(85-68(73)52-45-38-31-29-34-41-48-61(6)7)58-83-87(76,77)81-54-62(69)53-80-86(74,75)82-57-63(56-79-66(71)50-43-36-30-28-33-40-47-60(4)5)84-67(72)51-44-37-27-24-21-18-19-22-25-32-39-46-59(2)3/h13-16,59-64,69H,8-12,17-58H2,1-7H3,(H,74,75)(H,76,77)/b14-13-,16-15-/t62-,63+,64+/m0/s1. The van der Waals surface area contributed by atoms with Crippen molar-refractivity contribution in [2.75, 3.05) is 39.6 Å². The van der Waals surface area contributed by atoms with E-state index in [9.17, 15) is 43.2 Å². The second kappa shape index (κ2) is 58.6. The molecule has 0 heterocycles. The zero-order valence-corrected chi connectivity index (χ0v) is 57.7. The van der Waals surface area contributed by atoms with E-state index in [1.54, 1.807) is 0 Å². The molecule has 0 radical (unpaired) electrons. The SMILES string of the molecule is CCCCCC/C=C\C=C/CCCCCCCC(=O)OC[C@H](COP(=O)(O)OC[C@@H](O)COP(=O)(O)OC[C@@H](COC(=O)CCCCCCCCC(C)C)OC(=O)CCCCCCCCCCCCCC(C)C)OC(=O)CCCCCCCCC(C)C. The highest BCUT2D eigenvalue weighted by Crippen LogP contribution is 2.45. The number of esters is 4. The van der Waals surface area contributed by atoms with E-state index in [4.69, 9.17) is 37.0 Å². The molecule has 0 saturated heterocycles. The molecular formula is C68H128O17P2. The summed E-state index contributed by atoms with van der Waals surface area (Å²) in [7, 11) is -9.91. The van der Waals surface area contributed by atoms with Gasteiger partial charge in [0.1, 0.15) is 19.3 Å². The number of phosphoric acid groups is 2. The van der Waals surface area contributed by atoms with E-state index >= 15 is 0 Å². The molecule has 3 N–H and O–H groups in total. The van der Waals surface area contributed by atoms with Crippen molar-refractivity contribution in [2.45, 2.75) is 330 Å². The summed E-state index contributed by atoms with van der Waals surface area (Å²) in [5.74, 6) is -0.0593. The normalized spacial score (nSPS) is 14.4. The topological polar surface area (TPSA) is 237 Å². The first-order valence-electron chi connectivity index (χ1n) is 34.7. The van der Waals surface area contributed by atoms with Gasteiger partial charge in [-0.1, -0.05) is 259 Å². The van der Waals surface area contributed by atoms with Gasteiger partial charge in [0.2, 0.25) is 0 Å². The third kappa shape index (κ3) is 62.1. The molecule has 0 aliphatic carbocycles. The van der Waals surface area contributed by atoms with Crippen molar-refractivity contribution in [3.63, 3.8) is 0 Å². The van der Waals surface area contributed by atoms with Crippen molar-refractivity contribution in [2.24, 2.45) is 17.8 Å². The number of phosphoric ester groups is 2. The monoisotopic (exact) mass is 1280 g/mol. The van der Waals surface area contributed by atoms with Crippen LogP contribution in [-0.4, -0.2) is 96.7 Å². The zero-order valence-electron chi connectivity index (χ0n) is 56.0. The number of allylic oxidation sites excluding steroid dienone is 4. The lowest BCUT2D eigenvalue weighted by Crippen LogP contribution is -2.30. The van der Waals surface area contributed by atoms with E-state index in [0.29, 0.717) is 37.5 Å². The van der Waals surface area contributed by atoms with Crippen LogP contribution in [0.15, 0.2) is 24.3 Å². The number of hydrogen-bond acceptors (Lipinski definition) is 15. The minimum Gasteiger partial charge on any atom is -0.462 e. The quantitative estimate of drug-likeness (QED) is 0.0169. The van der Waals surface area contributed by atoms with Gasteiger partial charge in [0, 0.05) is 25.7 Å². The molecule has 19 heteroatoms. The molecule has 0 spiro atoms. The predicted octanol–water partition coefficient (Wildman–Crippen LogP) is 18.6. The maximum atomic E-state index is 13.0. The molecule has 0 rings (SSSR count). The molecule has 512 valence electrons. The molecule has 17 nitrogen and oxygen atoms in total. The van der Waals surface area contributed by atoms with Crippen LogP contribution in [0.1, 0.15) is 312 Å². The smallest absolute Gasteiger partial charge is 0.462 e. The summed E-state index contributed by atoms with van der Waals surface area (Å²) in [4.78, 5) is 72.3. The van der Waals surface area contributed by atoms with Gasteiger partial charge in [-0.3, -0.25) is 37.3 Å². The van der Waals surface area contributed by atoms with Gasteiger partial charge in [-0.05, 0) is 69.1 Å². The fourth-order valence-corrected chi connectivity index (χ4v) is 11.2. The average molecular weight is 1280 g/mol. The molecule has 0 bridgehead atoms. The van der Waals surface area contributed by atoms with Gasteiger partial charge in [0.15, 0.2) is 12.2 Å². The van der Waals surface area contributed by atoms with E-state index in [1.165, 1.54) is 96.3 Å². The first kappa shape index (κ1) is 84.5. The Labute approximate surface area is 529 Å². The molecule has 0 aromatic carbocycles. The van der Waals surface area contributed by atoms with Gasteiger partial charge < -0.3 is 33.8 Å². The first-order valence-corrected chi connectivity index (χ1v) is 37.7. The maximum absolute atomic E-state index is 13.0. The Morgan fingerprint density at radius 1 is 0.356 bits per heavy atom. The highest BCUT2D eigenvalue weighted by molar-refractivity contribution is 7.47. The van der Waals surface area contributed by atoms with Crippen molar-refractivity contribution in [1.82, 2.24) is 0 Å². The number of unbranched alkanes of at least 4 members (excludes halogenated alkanes) is 29. The summed E-state index contributed by atoms with van der Waals surface area (Å²) < 4.78 is 68.1. The predicted molar refractivity (Wildman–Crippen MR) is 349 cm³/mol. The lowest BCUT2D eigenvalue weighted by atomic mass is 10.0. The maximum Gasteiger partial charge on any atom is 0.472 e. The first-order chi connectivity index (χ1) is 41.7. The highest BCUT2D eigenvalue weighted by atomic mass is 31.2. The minimum absolute atomic E-state index is 0.0947. The van der Waals surface area contributed by atoms with Gasteiger partial charge in [0.25, 0.3) is 0 Å². The second-order valence-corrected chi connectivity index (χ2v) is 28.2. The Kier molecular flexibility index (Phi) is 57.0. The number of carbonyl (C=O) groups excluding carboxylic acids is 4. The largest absolute Gasteiger partial charge is 0.472 e. The summed E-state index contributed by atoms with van der Waals surface area (Å²) in [6.07, 6.45) is 44.2. The Morgan fingerprint density at radius 3 is 0.931 bits per heavy atom. The number of aliphatic hydroxyl groups is 1. The average Bonchev–Trinajstić information content (AvgIpc) is 3.68. The number of ether oxygens (including phenoxy) is 4. The Bertz CT molecular complexity index is 1810. The molecule has 0 aliphatic heterocycles. The van der Waals surface area contributed by atoms with Crippen LogP contribution in [0.5, 0.6) is 0 Å². The molecule has 0 aliphatic rings. The van der Waals surface area contributed by atoms with Gasteiger partial charge >= 0.3 is 39.5 Å². The van der Waals surface area contributed by atoms with Crippen molar-refractivity contribution in [3.05, 3.63) is 24.3 Å². The number of hydrogen-bond donors (Lipinski definition) is 3. The third-order valence-corrected chi connectivity index (χ3v) is 16.9. The van der Waals surface area contributed by atoms with Gasteiger partial charge in [0.05, 0.1) is 26.4 Å². The molecule has 0 amide bonds. The van der Waals surface area contributed by atoms with Crippen LogP contribution in [0.2, 0.25) is 0 Å². The van der Waals surface area contributed by atoms with E-state index < -0.39 is 97.5 Å². The van der Waals surface area contributed by atoms with Crippen molar-refractivity contribution in [3.8, 4) is 0 Å². The fraction of sp³-hybridized carbons (Fsp3) is 0.882. The molecule has 0 aromatic heterocycles. The van der Waals surface area contributed by atoms with Crippen LogP contribution in [0.3, 0.4) is 0 Å². The lowest BCUT2D eigenvalue weighted by Gasteiger charge is -2.21. The Balaban J connectivity index is 5.24. The summed E-state index contributed by atoms with van der Waals surface area (Å²) in [6.45, 7) is 11.6. The van der Waals surface area contributed by atoms with E-state index in [1.807, 2.05) is 0 Å². The van der Waals surface area contributed by atoms with E-state index in [-0.39, 0.29) is 25.7 Å². The van der Waals surface area contributed by atoms with Crippen molar-refractivity contribution >= 4 is 39.5 Å². The highest BCUT2D eigenvalue weighted by Gasteiger charge is 2.30. The number of aliphatic hydroxyl groups excluding tert-OH is 1. The fourth-order valence-electron chi connectivity index (χ4n) is 9.65. The minimum atomic E-state index is -4.95. The van der Waals surface area contributed by atoms with Crippen LogP contribution >= 0.6 is 15.6 Å². The van der Waals surface area contributed by atoms with Gasteiger partial charge in [-0.25, -0.2) is 9.13 Å². The van der Waals surface area contributed by atoms with E-state index in [0.717, 1.165) is 121 Å². The lowest BCUT2D eigenvalue weighted by molar-refractivity contribution is -0.161. The van der Waals surface area contributed by atoms with Crippen LogP contribution < -0.4 is 0 Å². The van der Waals surface area contributed by atoms with E-state index in [2.05, 4.69) is 72.8 Å². The van der Waals surface area contributed by atoms with Crippen LogP contribution in [0.4, 0.5) is 0 Å².